The summed E-state index contributed by atoms with van der Waals surface area (Å²) < 4.78 is 11.1. The second-order valence-electron chi connectivity index (χ2n) is 8.63. The number of hydrogen-bond acceptors (Lipinski definition) is 3. The molecule has 2 saturated carbocycles. The molecule has 0 radical (unpaired) electrons. The number of amides is 2. The predicted octanol–water partition coefficient (Wildman–Crippen LogP) is 3.09. The average molecular weight is 338 g/mol. The lowest BCUT2D eigenvalue weighted by molar-refractivity contribution is 0.0167. The minimum Gasteiger partial charge on any atom is -0.379 e. The van der Waals surface area contributed by atoms with Crippen LogP contribution in [0.1, 0.15) is 59.3 Å². The lowest BCUT2D eigenvalue weighted by atomic mass is 9.69. The van der Waals surface area contributed by atoms with Crippen LogP contribution in [0.5, 0.6) is 0 Å². The summed E-state index contributed by atoms with van der Waals surface area (Å²) in [4.78, 5) is 12.2. The molecule has 2 amide bonds. The average Bonchev–Trinajstić information content (AvgIpc) is 3.17. The smallest absolute Gasteiger partial charge is 0.315 e. The van der Waals surface area contributed by atoms with Gasteiger partial charge in [-0.05, 0) is 55.3 Å². The standard InChI is InChI=1S/C19H34N2O3/c1-18(2)14-7-8-19(18,3)16(12-14)21-17(22)20-9-5-10-23-13-15-6-4-11-24-15/h14-16H,4-13H2,1-3H3,(H2,20,21,22). The maximum atomic E-state index is 12.2. The Morgan fingerprint density at radius 3 is 2.75 bits per heavy atom. The zero-order valence-electron chi connectivity index (χ0n) is 15.5. The highest BCUT2D eigenvalue weighted by atomic mass is 16.5. The summed E-state index contributed by atoms with van der Waals surface area (Å²) in [6, 6.07) is 0.283. The molecule has 0 aromatic heterocycles. The van der Waals surface area contributed by atoms with Crippen molar-refractivity contribution in [3.63, 3.8) is 0 Å². The Morgan fingerprint density at radius 1 is 1.29 bits per heavy atom. The highest BCUT2D eigenvalue weighted by Crippen LogP contribution is 2.65. The molecule has 1 saturated heterocycles. The van der Waals surface area contributed by atoms with Gasteiger partial charge in [0.1, 0.15) is 0 Å². The van der Waals surface area contributed by atoms with Crippen molar-refractivity contribution < 1.29 is 14.3 Å². The normalized spacial score (nSPS) is 36.9. The molecular weight excluding hydrogens is 304 g/mol. The molecule has 2 N–H and O–H groups in total. The van der Waals surface area contributed by atoms with Crippen LogP contribution in [0.3, 0.4) is 0 Å². The van der Waals surface area contributed by atoms with Gasteiger partial charge in [-0.1, -0.05) is 20.8 Å². The van der Waals surface area contributed by atoms with Gasteiger partial charge in [-0.3, -0.25) is 0 Å². The van der Waals surface area contributed by atoms with E-state index in [1.807, 2.05) is 0 Å². The molecule has 4 atom stereocenters. The Labute approximate surface area is 146 Å². The summed E-state index contributed by atoms with van der Waals surface area (Å²) in [5, 5.41) is 6.21. The summed E-state index contributed by atoms with van der Waals surface area (Å²) in [5.74, 6) is 0.749. The molecule has 0 spiro atoms. The third kappa shape index (κ3) is 3.43. The molecule has 3 fully saturated rings. The summed E-state index contributed by atoms with van der Waals surface area (Å²) in [5.41, 5.74) is 0.570. The SMILES string of the molecule is CC1(C)C2CCC1(C)C(NC(=O)NCCCOCC1CCCO1)C2. The Morgan fingerprint density at radius 2 is 2.12 bits per heavy atom. The lowest BCUT2D eigenvalue weighted by Crippen LogP contribution is -2.50. The number of ether oxygens (including phenoxy) is 2. The van der Waals surface area contributed by atoms with Gasteiger partial charge >= 0.3 is 6.03 Å². The van der Waals surface area contributed by atoms with E-state index in [1.54, 1.807) is 0 Å². The Balaban J connectivity index is 1.29. The molecule has 1 aliphatic heterocycles. The van der Waals surface area contributed by atoms with E-state index in [-0.39, 0.29) is 17.6 Å². The highest BCUT2D eigenvalue weighted by molar-refractivity contribution is 5.74. The van der Waals surface area contributed by atoms with Crippen LogP contribution in [0.2, 0.25) is 0 Å². The number of urea groups is 1. The first kappa shape index (κ1) is 18.0. The van der Waals surface area contributed by atoms with E-state index in [0.717, 1.165) is 38.2 Å². The number of carbonyl (C=O) groups is 1. The largest absolute Gasteiger partial charge is 0.379 e. The molecule has 0 aromatic rings. The van der Waals surface area contributed by atoms with E-state index in [1.165, 1.54) is 12.8 Å². The van der Waals surface area contributed by atoms with Gasteiger partial charge in [0.15, 0.2) is 0 Å². The zero-order valence-corrected chi connectivity index (χ0v) is 15.5. The lowest BCUT2D eigenvalue weighted by Gasteiger charge is -2.39. The quantitative estimate of drug-likeness (QED) is 0.701. The van der Waals surface area contributed by atoms with E-state index >= 15 is 0 Å². The molecule has 0 aromatic carbocycles. The third-order valence-electron chi connectivity index (χ3n) is 7.18. The zero-order chi connectivity index (χ0) is 17.2. The minimum absolute atomic E-state index is 0.0244. The fourth-order valence-electron chi connectivity index (χ4n) is 5.00. The molecule has 2 aliphatic carbocycles. The number of rotatable bonds is 7. The van der Waals surface area contributed by atoms with E-state index < -0.39 is 0 Å². The van der Waals surface area contributed by atoms with E-state index in [9.17, 15) is 4.79 Å². The Hall–Kier alpha value is -0.810. The van der Waals surface area contributed by atoms with Crippen LogP contribution in [0.15, 0.2) is 0 Å². The Bertz CT molecular complexity index is 448. The number of carbonyl (C=O) groups excluding carboxylic acids is 1. The van der Waals surface area contributed by atoms with Gasteiger partial charge in [0.05, 0.1) is 12.7 Å². The molecule has 2 bridgehead atoms. The van der Waals surface area contributed by atoms with Gasteiger partial charge in [0, 0.05) is 25.8 Å². The van der Waals surface area contributed by atoms with Crippen molar-refractivity contribution in [1.29, 1.82) is 0 Å². The van der Waals surface area contributed by atoms with Crippen LogP contribution in [-0.2, 0) is 9.47 Å². The van der Waals surface area contributed by atoms with Crippen LogP contribution in [-0.4, -0.2) is 44.5 Å². The molecule has 138 valence electrons. The van der Waals surface area contributed by atoms with Gasteiger partial charge in [-0.2, -0.15) is 0 Å². The van der Waals surface area contributed by atoms with Gasteiger partial charge in [-0.15, -0.1) is 0 Å². The van der Waals surface area contributed by atoms with Gasteiger partial charge in [-0.25, -0.2) is 4.79 Å². The van der Waals surface area contributed by atoms with Crippen molar-refractivity contribution in [2.45, 2.75) is 71.4 Å². The van der Waals surface area contributed by atoms with Crippen LogP contribution in [0, 0.1) is 16.7 Å². The Kier molecular flexibility index (Phi) is 5.40. The maximum absolute atomic E-state index is 12.2. The van der Waals surface area contributed by atoms with E-state index in [2.05, 4.69) is 31.4 Å². The van der Waals surface area contributed by atoms with Crippen LogP contribution < -0.4 is 10.6 Å². The minimum atomic E-state index is -0.0244. The number of nitrogens with one attached hydrogen (secondary N) is 2. The van der Waals surface area contributed by atoms with Crippen molar-refractivity contribution >= 4 is 6.03 Å². The van der Waals surface area contributed by atoms with Crippen molar-refractivity contribution in [3.05, 3.63) is 0 Å². The molecular formula is C19H34N2O3. The van der Waals surface area contributed by atoms with Crippen molar-refractivity contribution in [3.8, 4) is 0 Å². The van der Waals surface area contributed by atoms with Crippen LogP contribution in [0.4, 0.5) is 4.79 Å². The monoisotopic (exact) mass is 338 g/mol. The van der Waals surface area contributed by atoms with Gasteiger partial charge < -0.3 is 20.1 Å². The molecule has 5 nitrogen and oxygen atoms in total. The second-order valence-corrected chi connectivity index (χ2v) is 8.63. The van der Waals surface area contributed by atoms with Gasteiger partial charge in [0.2, 0.25) is 0 Å². The fourth-order valence-corrected chi connectivity index (χ4v) is 5.00. The molecule has 5 heteroatoms. The first-order chi connectivity index (χ1) is 11.4. The highest BCUT2D eigenvalue weighted by Gasteiger charge is 2.61. The first-order valence-corrected chi connectivity index (χ1v) is 9.67. The summed E-state index contributed by atoms with van der Waals surface area (Å²) in [7, 11) is 0. The van der Waals surface area contributed by atoms with Crippen molar-refractivity contribution in [2.24, 2.45) is 16.7 Å². The van der Waals surface area contributed by atoms with E-state index in [0.29, 0.717) is 31.2 Å². The third-order valence-corrected chi connectivity index (χ3v) is 7.18. The fraction of sp³-hybridized carbons (Fsp3) is 0.947. The summed E-state index contributed by atoms with van der Waals surface area (Å²) >= 11 is 0. The van der Waals surface area contributed by atoms with Gasteiger partial charge in [0.25, 0.3) is 0 Å². The van der Waals surface area contributed by atoms with Crippen LogP contribution >= 0.6 is 0 Å². The molecule has 1 heterocycles. The van der Waals surface area contributed by atoms with Crippen molar-refractivity contribution in [1.82, 2.24) is 10.6 Å². The number of fused-ring (bicyclic) bond motifs is 2. The summed E-state index contributed by atoms with van der Waals surface area (Å²) in [6.45, 7) is 9.98. The van der Waals surface area contributed by atoms with E-state index in [4.69, 9.17) is 9.47 Å². The topological polar surface area (TPSA) is 59.6 Å². The summed E-state index contributed by atoms with van der Waals surface area (Å²) in [6.07, 6.45) is 7.05. The first-order valence-electron chi connectivity index (χ1n) is 9.67. The molecule has 4 unspecified atom stereocenters. The maximum Gasteiger partial charge on any atom is 0.315 e. The van der Waals surface area contributed by atoms with Crippen LogP contribution in [0.25, 0.3) is 0 Å². The number of hydrogen-bond donors (Lipinski definition) is 2. The molecule has 3 rings (SSSR count). The second kappa shape index (κ2) is 7.20. The molecule has 3 aliphatic rings. The van der Waals surface area contributed by atoms with Crippen molar-refractivity contribution in [2.75, 3.05) is 26.4 Å². The molecule has 24 heavy (non-hydrogen) atoms. The predicted molar refractivity (Wildman–Crippen MR) is 94.0 cm³/mol.